The summed E-state index contributed by atoms with van der Waals surface area (Å²) < 4.78 is 56.1. The number of aromatic nitrogens is 3. The van der Waals surface area contributed by atoms with Crippen LogP contribution in [0.1, 0.15) is 43.2 Å². The van der Waals surface area contributed by atoms with Crippen LogP contribution < -0.4 is 9.62 Å². The van der Waals surface area contributed by atoms with Crippen molar-refractivity contribution in [3.05, 3.63) is 99.4 Å². The topological polar surface area (TPSA) is 152 Å². The Morgan fingerprint density at radius 1 is 1.08 bits per heavy atom. The highest BCUT2D eigenvalue weighted by Crippen LogP contribution is 2.37. The quantitative estimate of drug-likeness (QED) is 0.156. The molecule has 266 valence electrons. The second-order valence-electron chi connectivity index (χ2n) is 12.3. The van der Waals surface area contributed by atoms with Gasteiger partial charge in [0.25, 0.3) is 27.7 Å². The average Bonchev–Trinajstić information content (AvgIpc) is 3.57. The van der Waals surface area contributed by atoms with Gasteiger partial charge in [-0.15, -0.1) is 0 Å². The Kier molecular flexibility index (Phi) is 9.67. The number of sulfonamides is 1. The van der Waals surface area contributed by atoms with Crippen molar-refractivity contribution in [1.29, 1.82) is 0 Å². The number of benzene rings is 2. The summed E-state index contributed by atoms with van der Waals surface area (Å²) in [5.74, 6) is -2.97. The molecular formula is C34H33ClF2N8O5S. The van der Waals surface area contributed by atoms with E-state index in [-0.39, 0.29) is 28.5 Å². The first-order valence-electron chi connectivity index (χ1n) is 15.7. The van der Waals surface area contributed by atoms with Gasteiger partial charge >= 0.3 is 6.08 Å². The van der Waals surface area contributed by atoms with Gasteiger partial charge in [0.1, 0.15) is 5.56 Å². The maximum atomic E-state index is 14.4. The number of carbonyl (C=O) groups is 3. The van der Waals surface area contributed by atoms with Crippen molar-refractivity contribution >= 4 is 62.4 Å². The highest BCUT2D eigenvalue weighted by atomic mass is 35.5. The number of H-pyrrole nitrogens is 1. The SMILES string of the molecule is Cc1c(C=C2C(=O)Nc3ccc(S(=O)(=O)N(C)c4cccc(Cl)c4)cc32)[nH]c(CN(C)C(=O)c2cnc(F)nc2F)c1C(=O)N1CCN(C)CC1. The molecule has 0 bridgehead atoms. The molecule has 2 aromatic carbocycles. The largest absolute Gasteiger partial charge is 0.357 e. The van der Waals surface area contributed by atoms with Crippen LogP contribution in [0.4, 0.5) is 20.2 Å². The fourth-order valence-electron chi connectivity index (χ4n) is 5.98. The normalized spacial score (nSPS) is 15.5. The summed E-state index contributed by atoms with van der Waals surface area (Å²) in [6.45, 7) is 3.71. The zero-order valence-corrected chi connectivity index (χ0v) is 29.6. The molecule has 0 atom stereocenters. The van der Waals surface area contributed by atoms with Gasteiger partial charge in [-0.1, -0.05) is 17.7 Å². The molecule has 17 heteroatoms. The van der Waals surface area contributed by atoms with E-state index in [0.29, 0.717) is 65.1 Å². The Bertz CT molecular complexity index is 2220. The van der Waals surface area contributed by atoms with Gasteiger partial charge in [-0.05, 0) is 62.0 Å². The molecule has 0 aliphatic carbocycles. The molecule has 13 nitrogen and oxygen atoms in total. The monoisotopic (exact) mass is 738 g/mol. The number of halogens is 3. The fourth-order valence-corrected chi connectivity index (χ4v) is 7.38. The minimum atomic E-state index is -4.08. The molecule has 2 aliphatic heterocycles. The molecule has 6 rings (SSSR count). The lowest BCUT2D eigenvalue weighted by atomic mass is 10.0. The van der Waals surface area contributed by atoms with Gasteiger partial charge in [0.05, 0.1) is 28.3 Å². The summed E-state index contributed by atoms with van der Waals surface area (Å²) in [6.07, 6.45) is 0.951. The van der Waals surface area contributed by atoms with Gasteiger partial charge < -0.3 is 25.0 Å². The molecule has 2 N–H and O–H groups in total. The van der Waals surface area contributed by atoms with Crippen molar-refractivity contribution in [2.45, 2.75) is 18.4 Å². The zero-order chi connectivity index (χ0) is 36.8. The molecule has 51 heavy (non-hydrogen) atoms. The average molecular weight is 739 g/mol. The third-order valence-corrected chi connectivity index (χ3v) is 11.0. The summed E-state index contributed by atoms with van der Waals surface area (Å²) in [4.78, 5) is 54.8. The van der Waals surface area contributed by atoms with Gasteiger partial charge in [0.15, 0.2) is 0 Å². The molecule has 0 radical (unpaired) electrons. The van der Waals surface area contributed by atoms with Crippen molar-refractivity contribution in [3.8, 4) is 0 Å². The molecule has 1 saturated heterocycles. The standard InChI is InChI=1S/C34H33ClF2N8O5S/c1-19-27(16-24-23-15-22(8-9-26(23)40-31(24)46)51(49,50)44(4)21-7-5-6-20(35)14-21)39-28(29(19)33(48)45-12-10-42(2)11-13-45)18-43(3)32(47)25-17-38-34(37)41-30(25)36/h5-9,14-17,39H,10-13,18H2,1-4H3,(H,40,46). The number of fused-ring (bicyclic) bond motifs is 1. The third-order valence-electron chi connectivity index (χ3n) is 8.95. The molecule has 3 amide bonds. The van der Waals surface area contributed by atoms with E-state index in [2.05, 4.69) is 25.2 Å². The van der Waals surface area contributed by atoms with Crippen molar-refractivity contribution in [3.63, 3.8) is 0 Å². The van der Waals surface area contributed by atoms with Crippen LogP contribution in [0.15, 0.2) is 53.6 Å². The van der Waals surface area contributed by atoms with E-state index in [1.165, 1.54) is 44.4 Å². The molecule has 4 aromatic rings. The van der Waals surface area contributed by atoms with Gasteiger partial charge in [0.2, 0.25) is 5.95 Å². The van der Waals surface area contributed by atoms with Crippen LogP contribution in [-0.2, 0) is 21.4 Å². The fraction of sp³-hybridized carbons (Fsp3) is 0.265. The van der Waals surface area contributed by atoms with Crippen LogP contribution in [0.5, 0.6) is 0 Å². The van der Waals surface area contributed by atoms with Gasteiger partial charge in [-0.3, -0.25) is 18.7 Å². The predicted molar refractivity (Wildman–Crippen MR) is 187 cm³/mol. The second-order valence-corrected chi connectivity index (χ2v) is 14.7. The molecule has 1 fully saturated rings. The molecule has 4 heterocycles. The minimum Gasteiger partial charge on any atom is -0.357 e. The van der Waals surface area contributed by atoms with Crippen LogP contribution in [0.3, 0.4) is 0 Å². The molecule has 0 unspecified atom stereocenters. The van der Waals surface area contributed by atoms with Gasteiger partial charge in [0, 0.05) is 74.1 Å². The number of amides is 3. The number of aromatic amines is 1. The second kappa shape index (κ2) is 13.8. The number of hydrogen-bond acceptors (Lipinski definition) is 8. The molecule has 0 spiro atoms. The number of piperazine rings is 1. The Balaban J connectivity index is 1.39. The van der Waals surface area contributed by atoms with Crippen molar-refractivity contribution in [2.24, 2.45) is 0 Å². The number of rotatable bonds is 8. The first kappa shape index (κ1) is 35.6. The van der Waals surface area contributed by atoms with Crippen molar-refractivity contribution in [1.82, 2.24) is 29.7 Å². The summed E-state index contributed by atoms with van der Waals surface area (Å²) in [5, 5.41) is 3.12. The summed E-state index contributed by atoms with van der Waals surface area (Å²) >= 11 is 6.10. The Labute approximate surface area is 297 Å². The summed E-state index contributed by atoms with van der Waals surface area (Å²) in [5.41, 5.74) is 2.05. The molecule has 2 aliphatic rings. The molecule has 0 saturated carbocycles. The molecular weight excluding hydrogens is 706 g/mol. The maximum absolute atomic E-state index is 14.4. The first-order valence-corrected chi connectivity index (χ1v) is 17.5. The van der Waals surface area contributed by atoms with Gasteiger partial charge in [-0.2, -0.15) is 13.8 Å². The number of nitrogens with zero attached hydrogens (tertiary/aromatic N) is 6. The van der Waals surface area contributed by atoms with Crippen molar-refractivity contribution in [2.75, 3.05) is 56.9 Å². The number of nitrogens with one attached hydrogen (secondary N) is 2. The van der Waals surface area contributed by atoms with Crippen molar-refractivity contribution < 1.29 is 31.6 Å². The molecule has 2 aromatic heterocycles. The predicted octanol–water partition coefficient (Wildman–Crippen LogP) is 4.02. The lowest BCUT2D eigenvalue weighted by molar-refractivity contribution is -0.110. The Morgan fingerprint density at radius 3 is 2.49 bits per heavy atom. The summed E-state index contributed by atoms with van der Waals surface area (Å²) in [6, 6.07) is 10.7. The van der Waals surface area contributed by atoms with E-state index in [0.717, 1.165) is 15.4 Å². The van der Waals surface area contributed by atoms with Crippen LogP contribution in [0.2, 0.25) is 5.02 Å². The Hall–Kier alpha value is -5.19. The highest BCUT2D eigenvalue weighted by Gasteiger charge is 2.32. The number of carbonyl (C=O) groups excluding carboxylic acids is 3. The van der Waals surface area contributed by atoms with Crippen LogP contribution in [0.25, 0.3) is 11.6 Å². The lowest BCUT2D eigenvalue weighted by Gasteiger charge is -2.32. The van der Waals surface area contributed by atoms with Crippen LogP contribution in [-0.4, -0.2) is 103 Å². The zero-order valence-electron chi connectivity index (χ0n) is 28.0. The van der Waals surface area contributed by atoms with E-state index in [4.69, 9.17) is 11.6 Å². The smallest absolute Gasteiger partial charge is 0.311 e. The summed E-state index contributed by atoms with van der Waals surface area (Å²) in [7, 11) is 0.654. The number of anilines is 2. The number of likely N-dealkylation sites (N-methyl/N-ethyl adjacent to an activating group) is 1. The van der Waals surface area contributed by atoms with Crippen LogP contribution in [0, 0.1) is 18.9 Å². The van der Waals surface area contributed by atoms with Crippen LogP contribution >= 0.6 is 11.6 Å². The lowest BCUT2D eigenvalue weighted by Crippen LogP contribution is -2.47. The number of hydrogen-bond donors (Lipinski definition) is 2. The minimum absolute atomic E-state index is 0.0712. The van der Waals surface area contributed by atoms with Gasteiger partial charge in [-0.25, -0.2) is 13.4 Å². The van der Waals surface area contributed by atoms with E-state index < -0.39 is 39.4 Å². The van der Waals surface area contributed by atoms with E-state index in [1.54, 1.807) is 30.0 Å². The highest BCUT2D eigenvalue weighted by molar-refractivity contribution is 7.92. The maximum Gasteiger partial charge on any atom is 0.311 e. The Morgan fingerprint density at radius 2 is 1.80 bits per heavy atom. The van der Waals surface area contributed by atoms with E-state index in [9.17, 15) is 31.6 Å². The third kappa shape index (κ3) is 6.94. The van der Waals surface area contributed by atoms with E-state index in [1.807, 2.05) is 7.05 Å². The van der Waals surface area contributed by atoms with E-state index >= 15 is 0 Å². The first-order chi connectivity index (χ1) is 24.1.